The molecule has 0 aromatic heterocycles. The van der Waals surface area contributed by atoms with Crippen molar-refractivity contribution in [1.29, 1.82) is 0 Å². The molecule has 0 aliphatic carbocycles. The standard InChI is InChI=1S/C13H15NO/c1-10-13(6-8-15-9-7-13)11-4-2-3-5-12(11)14-10/h2-5H,6-9H2,1H3. The van der Waals surface area contributed by atoms with Gasteiger partial charge in [0.25, 0.3) is 0 Å². The SMILES string of the molecule is CC1=Nc2ccccc2C12CCOCC2. The van der Waals surface area contributed by atoms with E-state index in [0.717, 1.165) is 31.7 Å². The first kappa shape index (κ1) is 9.10. The van der Waals surface area contributed by atoms with Gasteiger partial charge >= 0.3 is 0 Å². The smallest absolute Gasteiger partial charge is 0.0670 e. The van der Waals surface area contributed by atoms with Gasteiger partial charge in [-0.15, -0.1) is 0 Å². The summed E-state index contributed by atoms with van der Waals surface area (Å²) < 4.78 is 5.46. The van der Waals surface area contributed by atoms with E-state index in [2.05, 4.69) is 31.2 Å². The minimum atomic E-state index is 0.189. The molecule has 0 amide bonds. The van der Waals surface area contributed by atoms with Crippen molar-refractivity contribution in [3.05, 3.63) is 29.8 Å². The molecule has 0 saturated carbocycles. The maximum Gasteiger partial charge on any atom is 0.0670 e. The summed E-state index contributed by atoms with van der Waals surface area (Å²) in [5.74, 6) is 0. The number of fused-ring (bicyclic) bond motifs is 2. The van der Waals surface area contributed by atoms with Gasteiger partial charge in [-0.3, -0.25) is 4.99 Å². The second-order valence-corrected chi connectivity index (χ2v) is 4.41. The van der Waals surface area contributed by atoms with E-state index in [1.807, 2.05) is 0 Å². The van der Waals surface area contributed by atoms with Crippen LogP contribution in [0.25, 0.3) is 0 Å². The van der Waals surface area contributed by atoms with Crippen LogP contribution in [-0.2, 0) is 10.2 Å². The van der Waals surface area contributed by atoms with E-state index in [1.54, 1.807) is 0 Å². The van der Waals surface area contributed by atoms with E-state index in [-0.39, 0.29) is 5.41 Å². The number of nitrogens with zero attached hydrogens (tertiary/aromatic N) is 1. The lowest BCUT2D eigenvalue weighted by Crippen LogP contribution is -2.37. The molecule has 2 aliphatic rings. The Bertz CT molecular complexity index is 416. The van der Waals surface area contributed by atoms with Crippen LogP contribution in [0.3, 0.4) is 0 Å². The fraction of sp³-hybridized carbons (Fsp3) is 0.462. The summed E-state index contributed by atoms with van der Waals surface area (Å²) >= 11 is 0. The summed E-state index contributed by atoms with van der Waals surface area (Å²) in [6.45, 7) is 3.88. The fourth-order valence-electron chi connectivity index (χ4n) is 2.81. The van der Waals surface area contributed by atoms with Crippen molar-refractivity contribution in [2.45, 2.75) is 25.2 Å². The molecule has 0 N–H and O–H groups in total. The van der Waals surface area contributed by atoms with Crippen LogP contribution in [-0.4, -0.2) is 18.9 Å². The minimum Gasteiger partial charge on any atom is -0.381 e. The lowest BCUT2D eigenvalue weighted by Gasteiger charge is -2.34. The van der Waals surface area contributed by atoms with Gasteiger partial charge in [-0.05, 0) is 31.4 Å². The molecule has 78 valence electrons. The van der Waals surface area contributed by atoms with Crippen LogP contribution < -0.4 is 0 Å². The molecule has 1 aromatic rings. The average molecular weight is 201 g/mol. The normalized spacial score (nSPS) is 22.6. The fourth-order valence-corrected chi connectivity index (χ4v) is 2.81. The molecule has 1 spiro atoms. The lowest BCUT2D eigenvalue weighted by atomic mass is 9.72. The molecule has 2 heterocycles. The Labute approximate surface area is 90.0 Å². The third-order valence-electron chi connectivity index (χ3n) is 3.75. The van der Waals surface area contributed by atoms with E-state index >= 15 is 0 Å². The predicted octanol–water partition coefficient (Wildman–Crippen LogP) is 2.84. The second-order valence-electron chi connectivity index (χ2n) is 4.41. The molecular weight excluding hydrogens is 186 g/mol. The van der Waals surface area contributed by atoms with Crippen molar-refractivity contribution in [2.75, 3.05) is 13.2 Å². The summed E-state index contributed by atoms with van der Waals surface area (Å²) in [5.41, 5.74) is 4.03. The summed E-state index contributed by atoms with van der Waals surface area (Å²) in [4.78, 5) is 4.69. The topological polar surface area (TPSA) is 21.6 Å². The van der Waals surface area contributed by atoms with Gasteiger partial charge in [-0.25, -0.2) is 0 Å². The van der Waals surface area contributed by atoms with Gasteiger partial charge in [0.2, 0.25) is 0 Å². The van der Waals surface area contributed by atoms with Crippen LogP contribution in [0, 0.1) is 0 Å². The number of rotatable bonds is 0. The van der Waals surface area contributed by atoms with Gasteiger partial charge in [-0.2, -0.15) is 0 Å². The van der Waals surface area contributed by atoms with E-state index < -0.39 is 0 Å². The Morgan fingerprint density at radius 1 is 1.20 bits per heavy atom. The van der Waals surface area contributed by atoms with Gasteiger partial charge in [0.15, 0.2) is 0 Å². The molecule has 2 heteroatoms. The number of hydrogen-bond acceptors (Lipinski definition) is 2. The first-order valence-electron chi connectivity index (χ1n) is 5.56. The number of benzene rings is 1. The quantitative estimate of drug-likeness (QED) is 0.632. The highest BCUT2D eigenvalue weighted by Gasteiger charge is 2.42. The summed E-state index contributed by atoms with van der Waals surface area (Å²) in [6, 6.07) is 8.52. The third-order valence-corrected chi connectivity index (χ3v) is 3.75. The molecule has 0 radical (unpaired) electrons. The Morgan fingerprint density at radius 3 is 2.73 bits per heavy atom. The predicted molar refractivity (Wildman–Crippen MR) is 60.9 cm³/mol. The van der Waals surface area contributed by atoms with Crippen molar-refractivity contribution in [1.82, 2.24) is 0 Å². The van der Waals surface area contributed by atoms with Crippen molar-refractivity contribution in [3.8, 4) is 0 Å². The molecular formula is C13H15NO. The van der Waals surface area contributed by atoms with E-state index in [0.29, 0.717) is 0 Å². The zero-order valence-corrected chi connectivity index (χ0v) is 8.99. The van der Waals surface area contributed by atoms with Gasteiger partial charge in [0, 0.05) is 24.3 Å². The molecule has 1 saturated heterocycles. The molecule has 1 fully saturated rings. The Kier molecular flexibility index (Phi) is 1.93. The molecule has 2 nitrogen and oxygen atoms in total. The lowest BCUT2D eigenvalue weighted by molar-refractivity contribution is 0.0716. The van der Waals surface area contributed by atoms with Crippen LogP contribution in [0.15, 0.2) is 29.3 Å². The zero-order valence-electron chi connectivity index (χ0n) is 8.99. The molecule has 0 atom stereocenters. The molecule has 0 bridgehead atoms. The van der Waals surface area contributed by atoms with Crippen molar-refractivity contribution < 1.29 is 4.74 Å². The van der Waals surface area contributed by atoms with Crippen LogP contribution in [0.4, 0.5) is 5.69 Å². The van der Waals surface area contributed by atoms with Gasteiger partial charge in [0.05, 0.1) is 5.69 Å². The van der Waals surface area contributed by atoms with E-state index in [9.17, 15) is 0 Å². The minimum absolute atomic E-state index is 0.189. The van der Waals surface area contributed by atoms with Crippen LogP contribution in [0.2, 0.25) is 0 Å². The summed E-state index contributed by atoms with van der Waals surface area (Å²) in [6.07, 6.45) is 2.17. The van der Waals surface area contributed by atoms with Gasteiger partial charge in [-0.1, -0.05) is 18.2 Å². The number of para-hydroxylation sites is 1. The first-order valence-corrected chi connectivity index (χ1v) is 5.56. The van der Waals surface area contributed by atoms with Gasteiger partial charge < -0.3 is 4.74 Å². The van der Waals surface area contributed by atoms with Crippen molar-refractivity contribution in [2.24, 2.45) is 4.99 Å². The van der Waals surface area contributed by atoms with Crippen molar-refractivity contribution >= 4 is 11.4 Å². The second kappa shape index (κ2) is 3.17. The van der Waals surface area contributed by atoms with Crippen LogP contribution in [0.5, 0.6) is 0 Å². The highest BCUT2D eigenvalue weighted by Crippen LogP contribution is 2.45. The molecule has 3 rings (SSSR count). The van der Waals surface area contributed by atoms with Gasteiger partial charge in [0.1, 0.15) is 0 Å². The number of hydrogen-bond donors (Lipinski definition) is 0. The Morgan fingerprint density at radius 2 is 1.93 bits per heavy atom. The average Bonchev–Trinajstić information content (AvgIpc) is 2.55. The summed E-state index contributed by atoms with van der Waals surface area (Å²) in [7, 11) is 0. The van der Waals surface area contributed by atoms with E-state index in [1.165, 1.54) is 11.3 Å². The molecule has 1 aromatic carbocycles. The zero-order chi connectivity index (χ0) is 10.3. The molecule has 15 heavy (non-hydrogen) atoms. The van der Waals surface area contributed by atoms with Crippen LogP contribution in [0.1, 0.15) is 25.3 Å². The monoisotopic (exact) mass is 201 g/mol. The Balaban J connectivity index is 2.13. The van der Waals surface area contributed by atoms with Crippen molar-refractivity contribution in [3.63, 3.8) is 0 Å². The summed E-state index contributed by atoms with van der Waals surface area (Å²) in [5, 5.41) is 0. The molecule has 2 aliphatic heterocycles. The molecule has 0 unspecified atom stereocenters. The van der Waals surface area contributed by atoms with E-state index in [4.69, 9.17) is 9.73 Å². The maximum atomic E-state index is 5.46. The Hall–Kier alpha value is -1.15. The highest BCUT2D eigenvalue weighted by atomic mass is 16.5. The number of aliphatic imine (C=N–C) groups is 1. The third kappa shape index (κ3) is 1.18. The van der Waals surface area contributed by atoms with Crippen LogP contribution >= 0.6 is 0 Å². The number of ether oxygens (including phenoxy) is 1. The highest BCUT2D eigenvalue weighted by molar-refractivity contribution is 6.00. The first-order chi connectivity index (χ1) is 7.33. The maximum absolute atomic E-state index is 5.46. The largest absolute Gasteiger partial charge is 0.381 e.